The van der Waals surface area contributed by atoms with Gasteiger partial charge in [-0.25, -0.2) is 9.18 Å². The number of halogens is 1. The number of hydrogen-bond donors (Lipinski definition) is 1. The van der Waals surface area contributed by atoms with Crippen LogP contribution in [0.15, 0.2) is 0 Å². The van der Waals surface area contributed by atoms with Crippen molar-refractivity contribution in [1.29, 1.82) is 0 Å². The highest BCUT2D eigenvalue weighted by Crippen LogP contribution is 2.22. The third-order valence-electron chi connectivity index (χ3n) is 2.49. The van der Waals surface area contributed by atoms with Crippen LogP contribution in [0.2, 0.25) is 0 Å². The van der Waals surface area contributed by atoms with Gasteiger partial charge in [0.1, 0.15) is 11.8 Å². The van der Waals surface area contributed by atoms with Gasteiger partial charge < -0.3 is 14.7 Å². The molecule has 0 aromatic heterocycles. The first kappa shape index (κ1) is 13.2. The van der Waals surface area contributed by atoms with Crippen LogP contribution in [0.3, 0.4) is 0 Å². The van der Waals surface area contributed by atoms with Crippen molar-refractivity contribution in [2.75, 3.05) is 13.2 Å². The van der Waals surface area contributed by atoms with E-state index in [1.807, 2.05) is 0 Å². The first-order chi connectivity index (χ1) is 7.33. The van der Waals surface area contributed by atoms with E-state index in [-0.39, 0.29) is 13.0 Å². The molecule has 94 valence electrons. The maximum absolute atomic E-state index is 13.1. The van der Waals surface area contributed by atoms with Crippen molar-refractivity contribution in [3.05, 3.63) is 0 Å². The van der Waals surface area contributed by atoms with E-state index in [4.69, 9.17) is 9.84 Å². The lowest BCUT2D eigenvalue weighted by Gasteiger charge is -2.36. The number of carbonyl (C=O) groups excluding carboxylic acids is 1. The molecule has 0 aromatic carbocycles. The molecule has 0 spiro atoms. The molecule has 1 aliphatic heterocycles. The van der Waals surface area contributed by atoms with Crippen molar-refractivity contribution in [2.45, 2.75) is 51.4 Å². The third-order valence-corrected chi connectivity index (χ3v) is 2.49. The van der Waals surface area contributed by atoms with Crippen LogP contribution in [-0.2, 0) is 4.74 Å². The first-order valence-corrected chi connectivity index (χ1v) is 5.58. The summed E-state index contributed by atoms with van der Waals surface area (Å²) >= 11 is 0. The number of carbonyl (C=O) groups is 1. The number of likely N-dealkylation sites (tertiary alicyclic amines) is 1. The topological polar surface area (TPSA) is 49.8 Å². The standard InChI is InChI=1S/C11H20FNO3/c1-11(2,3)16-10(15)13-5-4-8(12)6-9(13)7-14/h8-9,14H,4-7H2,1-3H3. The highest BCUT2D eigenvalue weighted by atomic mass is 19.1. The average molecular weight is 233 g/mol. The van der Waals surface area contributed by atoms with Gasteiger partial charge in [0.2, 0.25) is 0 Å². The van der Waals surface area contributed by atoms with E-state index >= 15 is 0 Å². The van der Waals surface area contributed by atoms with Gasteiger partial charge in [-0.15, -0.1) is 0 Å². The lowest BCUT2D eigenvalue weighted by atomic mass is 10.0. The van der Waals surface area contributed by atoms with Gasteiger partial charge in [-0.3, -0.25) is 0 Å². The SMILES string of the molecule is CC(C)(C)OC(=O)N1CCC(F)CC1CO. The fraction of sp³-hybridized carbons (Fsp3) is 0.909. The average Bonchev–Trinajstić information content (AvgIpc) is 2.14. The summed E-state index contributed by atoms with van der Waals surface area (Å²) in [6.07, 6.45) is -0.903. The molecule has 0 bridgehead atoms. The molecule has 1 amide bonds. The van der Waals surface area contributed by atoms with Crippen molar-refractivity contribution in [3.63, 3.8) is 0 Å². The fourth-order valence-electron chi connectivity index (χ4n) is 1.74. The van der Waals surface area contributed by atoms with Crippen LogP contribution in [0.5, 0.6) is 0 Å². The Bertz CT molecular complexity index is 252. The molecule has 0 aliphatic carbocycles. The second-order valence-corrected chi connectivity index (χ2v) is 5.13. The quantitative estimate of drug-likeness (QED) is 0.750. The summed E-state index contributed by atoms with van der Waals surface area (Å²) in [6.45, 7) is 5.42. The molecule has 0 aromatic rings. The summed E-state index contributed by atoms with van der Waals surface area (Å²) in [5.74, 6) is 0. The molecule has 1 fully saturated rings. The Morgan fingerprint density at radius 1 is 1.56 bits per heavy atom. The highest BCUT2D eigenvalue weighted by molar-refractivity contribution is 5.68. The van der Waals surface area contributed by atoms with Crippen LogP contribution in [-0.4, -0.2) is 47.1 Å². The van der Waals surface area contributed by atoms with Crippen molar-refractivity contribution in [2.24, 2.45) is 0 Å². The van der Waals surface area contributed by atoms with Crippen LogP contribution in [0.25, 0.3) is 0 Å². The zero-order valence-corrected chi connectivity index (χ0v) is 10.1. The number of aliphatic hydroxyl groups excluding tert-OH is 1. The summed E-state index contributed by atoms with van der Waals surface area (Å²) < 4.78 is 18.3. The Labute approximate surface area is 95.4 Å². The van der Waals surface area contributed by atoms with Crippen molar-refractivity contribution in [1.82, 2.24) is 4.90 Å². The van der Waals surface area contributed by atoms with Gasteiger partial charge in [0.25, 0.3) is 0 Å². The normalized spacial score (nSPS) is 26.7. The Morgan fingerprint density at radius 2 is 2.19 bits per heavy atom. The van der Waals surface area contributed by atoms with Crippen LogP contribution in [0, 0.1) is 0 Å². The Kier molecular flexibility index (Phi) is 4.13. The molecule has 1 N–H and O–H groups in total. The predicted molar refractivity (Wildman–Crippen MR) is 57.9 cm³/mol. The minimum Gasteiger partial charge on any atom is -0.444 e. The van der Waals surface area contributed by atoms with Crippen molar-refractivity contribution >= 4 is 6.09 Å². The van der Waals surface area contributed by atoms with Gasteiger partial charge in [0, 0.05) is 13.0 Å². The summed E-state index contributed by atoms with van der Waals surface area (Å²) in [6, 6.07) is -0.460. The van der Waals surface area contributed by atoms with Crippen LogP contribution >= 0.6 is 0 Å². The van der Waals surface area contributed by atoms with Gasteiger partial charge in [-0.05, 0) is 27.2 Å². The highest BCUT2D eigenvalue weighted by Gasteiger charge is 2.33. The molecular weight excluding hydrogens is 213 g/mol. The number of amides is 1. The Balaban J connectivity index is 2.60. The zero-order chi connectivity index (χ0) is 12.3. The molecule has 16 heavy (non-hydrogen) atoms. The second-order valence-electron chi connectivity index (χ2n) is 5.13. The maximum atomic E-state index is 13.1. The second kappa shape index (κ2) is 4.99. The van der Waals surface area contributed by atoms with Gasteiger partial charge in [-0.1, -0.05) is 0 Å². The van der Waals surface area contributed by atoms with Gasteiger partial charge in [0.15, 0.2) is 0 Å². The fourth-order valence-corrected chi connectivity index (χ4v) is 1.74. The summed E-state index contributed by atoms with van der Waals surface area (Å²) in [5, 5.41) is 9.11. The van der Waals surface area contributed by atoms with E-state index in [1.165, 1.54) is 4.90 Å². The van der Waals surface area contributed by atoms with E-state index in [0.717, 1.165) is 0 Å². The van der Waals surface area contributed by atoms with Crippen molar-refractivity contribution < 1.29 is 19.0 Å². The molecule has 2 unspecified atom stereocenters. The number of piperidine rings is 1. The molecule has 2 atom stereocenters. The third kappa shape index (κ3) is 3.63. The summed E-state index contributed by atoms with van der Waals surface area (Å²) in [7, 11) is 0. The Morgan fingerprint density at radius 3 is 2.69 bits per heavy atom. The summed E-state index contributed by atoms with van der Waals surface area (Å²) in [5.41, 5.74) is -0.566. The lowest BCUT2D eigenvalue weighted by molar-refractivity contribution is -0.00748. The number of rotatable bonds is 1. The lowest BCUT2D eigenvalue weighted by Crippen LogP contribution is -2.50. The van der Waals surface area contributed by atoms with E-state index in [2.05, 4.69) is 0 Å². The molecule has 0 radical (unpaired) electrons. The van der Waals surface area contributed by atoms with Gasteiger partial charge in [0.05, 0.1) is 12.6 Å². The van der Waals surface area contributed by atoms with Gasteiger partial charge in [-0.2, -0.15) is 0 Å². The van der Waals surface area contributed by atoms with E-state index in [1.54, 1.807) is 20.8 Å². The maximum Gasteiger partial charge on any atom is 0.410 e. The van der Waals surface area contributed by atoms with Gasteiger partial charge >= 0.3 is 6.09 Å². The molecule has 0 saturated carbocycles. The monoisotopic (exact) mass is 233 g/mol. The van der Waals surface area contributed by atoms with Crippen LogP contribution in [0.4, 0.5) is 9.18 Å². The molecule has 1 rings (SSSR count). The number of nitrogens with zero attached hydrogens (tertiary/aromatic N) is 1. The molecule has 5 heteroatoms. The molecule has 1 heterocycles. The summed E-state index contributed by atoms with van der Waals surface area (Å²) in [4.78, 5) is 13.2. The molecular formula is C11H20FNO3. The minimum atomic E-state index is -0.934. The number of hydrogen-bond acceptors (Lipinski definition) is 3. The Hall–Kier alpha value is -0.840. The van der Waals surface area contributed by atoms with E-state index < -0.39 is 23.9 Å². The molecule has 1 aliphatic rings. The molecule has 1 saturated heterocycles. The first-order valence-electron chi connectivity index (χ1n) is 5.58. The predicted octanol–water partition coefficient (Wildman–Crippen LogP) is 1.72. The smallest absolute Gasteiger partial charge is 0.410 e. The van der Waals surface area contributed by atoms with E-state index in [9.17, 15) is 9.18 Å². The minimum absolute atomic E-state index is 0.190. The molecule has 4 nitrogen and oxygen atoms in total. The van der Waals surface area contributed by atoms with Crippen molar-refractivity contribution in [3.8, 4) is 0 Å². The van der Waals surface area contributed by atoms with Crippen LogP contribution < -0.4 is 0 Å². The number of ether oxygens (including phenoxy) is 1. The van der Waals surface area contributed by atoms with E-state index in [0.29, 0.717) is 13.0 Å². The van der Waals surface area contributed by atoms with Crippen LogP contribution in [0.1, 0.15) is 33.6 Å². The number of alkyl halides is 1. The zero-order valence-electron chi connectivity index (χ0n) is 10.1. The largest absolute Gasteiger partial charge is 0.444 e. The number of aliphatic hydroxyl groups is 1.